The molecule has 1 heterocycles. The predicted molar refractivity (Wildman–Crippen MR) is 107 cm³/mol. The molecule has 2 aromatic carbocycles. The van der Waals surface area contributed by atoms with E-state index in [9.17, 15) is 16.8 Å². The predicted octanol–water partition coefficient (Wildman–Crippen LogP) is 1.72. The summed E-state index contributed by atoms with van der Waals surface area (Å²) in [6, 6.07) is 11.5. The van der Waals surface area contributed by atoms with Gasteiger partial charge >= 0.3 is 0 Å². The first-order valence-electron chi connectivity index (χ1n) is 8.18. The maximum absolute atomic E-state index is 12.2. The highest BCUT2D eigenvalue weighted by Gasteiger charge is 2.24. The van der Waals surface area contributed by atoms with Gasteiger partial charge in [0.2, 0.25) is 10.0 Å². The topological polar surface area (TPSA) is 101 Å². The summed E-state index contributed by atoms with van der Waals surface area (Å²) in [4.78, 5) is 3.85. The van der Waals surface area contributed by atoms with Crippen LogP contribution in [-0.2, 0) is 19.9 Å². The molecule has 0 saturated carbocycles. The monoisotopic (exact) mass is 429 g/mol. The van der Waals surface area contributed by atoms with Gasteiger partial charge in [-0.25, -0.2) is 22.0 Å². The van der Waals surface area contributed by atoms with E-state index in [2.05, 4.69) is 4.90 Å². The molecular formula is C17H20ClN3O4S2. The Morgan fingerprint density at radius 3 is 2.11 bits per heavy atom. The van der Waals surface area contributed by atoms with Crippen molar-refractivity contribution in [3.8, 4) is 0 Å². The smallest absolute Gasteiger partial charge is 0.238 e. The Kier molecular flexibility index (Phi) is 5.40. The lowest BCUT2D eigenvalue weighted by molar-refractivity contribution is 0.596. The van der Waals surface area contributed by atoms with E-state index >= 15 is 0 Å². The van der Waals surface area contributed by atoms with Crippen LogP contribution in [-0.4, -0.2) is 49.3 Å². The fourth-order valence-corrected chi connectivity index (χ4v) is 4.83. The molecule has 1 aliphatic heterocycles. The van der Waals surface area contributed by atoms with Gasteiger partial charge in [0.15, 0.2) is 9.84 Å². The second-order valence-electron chi connectivity index (χ2n) is 6.40. The molecule has 146 valence electrons. The molecule has 2 aromatic rings. The van der Waals surface area contributed by atoms with Crippen LogP contribution in [0.5, 0.6) is 0 Å². The molecule has 2 N–H and O–H groups in total. The molecule has 27 heavy (non-hydrogen) atoms. The lowest BCUT2D eigenvalue weighted by Gasteiger charge is -2.38. The number of hydrogen-bond acceptors (Lipinski definition) is 6. The Morgan fingerprint density at radius 2 is 1.56 bits per heavy atom. The number of nitrogens with zero attached hydrogens (tertiary/aromatic N) is 2. The number of hydrogen-bond donors (Lipinski definition) is 1. The Bertz CT molecular complexity index is 1060. The molecule has 1 saturated heterocycles. The van der Waals surface area contributed by atoms with E-state index in [1.165, 1.54) is 12.1 Å². The average Bonchev–Trinajstić information content (AvgIpc) is 2.60. The van der Waals surface area contributed by atoms with Crippen molar-refractivity contribution < 1.29 is 16.8 Å². The van der Waals surface area contributed by atoms with Crippen molar-refractivity contribution in [3.63, 3.8) is 0 Å². The molecule has 1 aliphatic rings. The van der Waals surface area contributed by atoms with Gasteiger partial charge in [-0.3, -0.25) is 0 Å². The summed E-state index contributed by atoms with van der Waals surface area (Å²) in [6.45, 7) is 2.54. The minimum atomic E-state index is -3.99. The summed E-state index contributed by atoms with van der Waals surface area (Å²) in [7, 11) is -7.62. The summed E-state index contributed by atoms with van der Waals surface area (Å²) in [5, 5.41) is 5.80. The number of sulfonamides is 1. The van der Waals surface area contributed by atoms with Crippen molar-refractivity contribution in [1.29, 1.82) is 0 Å². The number of anilines is 2. The maximum atomic E-state index is 12.2. The third kappa shape index (κ3) is 4.55. The van der Waals surface area contributed by atoms with Gasteiger partial charge in [0.1, 0.15) is 0 Å². The Hall–Kier alpha value is -1.81. The standard InChI is InChI=1S/C17H20ClN3O4S2/c1-26(22,23)17-12-15(27(19,24)25)5-6-16(17)21-9-7-20(8-10-21)14-4-2-3-13(18)11-14/h2-6,11-12H,7-10H2,1H3,(H2,19,24,25). The van der Waals surface area contributed by atoms with Crippen LogP contribution in [0.25, 0.3) is 0 Å². The van der Waals surface area contributed by atoms with E-state index in [1.807, 2.05) is 29.2 Å². The molecule has 0 atom stereocenters. The first kappa shape index (κ1) is 19.9. The van der Waals surface area contributed by atoms with Gasteiger partial charge in [0.05, 0.1) is 15.5 Å². The van der Waals surface area contributed by atoms with E-state index < -0.39 is 19.9 Å². The van der Waals surface area contributed by atoms with Crippen LogP contribution >= 0.6 is 11.6 Å². The SMILES string of the molecule is CS(=O)(=O)c1cc(S(N)(=O)=O)ccc1N1CCN(c2cccc(Cl)c2)CC1. The van der Waals surface area contributed by atoms with Crippen LogP contribution in [0.1, 0.15) is 0 Å². The fraction of sp³-hybridized carbons (Fsp3) is 0.294. The van der Waals surface area contributed by atoms with Gasteiger partial charge in [0, 0.05) is 43.1 Å². The van der Waals surface area contributed by atoms with Crippen molar-refractivity contribution in [2.75, 3.05) is 42.2 Å². The number of primary sulfonamides is 1. The average molecular weight is 430 g/mol. The normalized spacial score (nSPS) is 15.8. The highest BCUT2D eigenvalue weighted by molar-refractivity contribution is 7.91. The summed E-state index contributed by atoms with van der Waals surface area (Å²) in [5.74, 6) is 0. The van der Waals surface area contributed by atoms with Crippen molar-refractivity contribution in [2.24, 2.45) is 5.14 Å². The number of sulfone groups is 1. The first-order chi connectivity index (χ1) is 12.6. The molecule has 1 fully saturated rings. The molecule has 0 aliphatic carbocycles. The quantitative estimate of drug-likeness (QED) is 0.794. The lowest BCUT2D eigenvalue weighted by Crippen LogP contribution is -2.47. The van der Waals surface area contributed by atoms with E-state index in [4.69, 9.17) is 16.7 Å². The summed E-state index contributed by atoms with van der Waals surface area (Å²) >= 11 is 6.05. The van der Waals surface area contributed by atoms with Gasteiger partial charge in [-0.15, -0.1) is 0 Å². The van der Waals surface area contributed by atoms with Crippen LogP contribution in [0, 0.1) is 0 Å². The van der Waals surface area contributed by atoms with Crippen LogP contribution in [0.3, 0.4) is 0 Å². The van der Waals surface area contributed by atoms with Crippen molar-refractivity contribution in [2.45, 2.75) is 9.79 Å². The molecule has 7 nitrogen and oxygen atoms in total. The molecular weight excluding hydrogens is 410 g/mol. The number of piperazine rings is 1. The zero-order valence-corrected chi connectivity index (χ0v) is 17.1. The molecule has 10 heteroatoms. The third-order valence-corrected chi connectivity index (χ3v) is 6.73. The Labute approximate surface area is 164 Å². The second kappa shape index (κ2) is 7.31. The molecule has 0 radical (unpaired) electrons. The van der Waals surface area contributed by atoms with Gasteiger partial charge in [0.25, 0.3) is 0 Å². The van der Waals surface area contributed by atoms with Crippen LogP contribution in [0.2, 0.25) is 5.02 Å². The molecule has 0 amide bonds. The third-order valence-electron chi connectivity index (χ3n) is 4.45. The zero-order valence-electron chi connectivity index (χ0n) is 14.7. The molecule has 0 spiro atoms. The molecule has 0 unspecified atom stereocenters. The summed E-state index contributed by atoms with van der Waals surface area (Å²) in [5.41, 5.74) is 1.49. The van der Waals surface area contributed by atoms with Gasteiger partial charge in [-0.05, 0) is 36.4 Å². The number of benzene rings is 2. The van der Waals surface area contributed by atoms with Gasteiger partial charge in [-0.1, -0.05) is 17.7 Å². The summed E-state index contributed by atoms with van der Waals surface area (Å²) in [6.07, 6.45) is 1.06. The summed E-state index contributed by atoms with van der Waals surface area (Å²) < 4.78 is 47.6. The zero-order chi connectivity index (χ0) is 19.8. The number of halogens is 1. The van der Waals surface area contributed by atoms with Gasteiger partial charge in [-0.2, -0.15) is 0 Å². The Balaban J connectivity index is 1.87. The Morgan fingerprint density at radius 1 is 0.926 bits per heavy atom. The minimum absolute atomic E-state index is 0.0368. The van der Waals surface area contributed by atoms with E-state index in [-0.39, 0.29) is 9.79 Å². The van der Waals surface area contributed by atoms with Gasteiger partial charge < -0.3 is 9.80 Å². The number of rotatable bonds is 4. The van der Waals surface area contributed by atoms with Crippen molar-refractivity contribution in [3.05, 3.63) is 47.5 Å². The van der Waals surface area contributed by atoms with E-state index in [0.29, 0.717) is 36.9 Å². The highest BCUT2D eigenvalue weighted by atomic mass is 35.5. The largest absolute Gasteiger partial charge is 0.368 e. The van der Waals surface area contributed by atoms with Crippen molar-refractivity contribution in [1.82, 2.24) is 0 Å². The molecule has 3 rings (SSSR count). The first-order valence-corrected chi connectivity index (χ1v) is 12.0. The van der Waals surface area contributed by atoms with E-state index in [1.54, 1.807) is 0 Å². The highest BCUT2D eigenvalue weighted by Crippen LogP contribution is 2.30. The van der Waals surface area contributed by atoms with Crippen LogP contribution < -0.4 is 14.9 Å². The van der Waals surface area contributed by atoms with Crippen LogP contribution in [0.4, 0.5) is 11.4 Å². The van der Waals surface area contributed by atoms with E-state index in [0.717, 1.165) is 18.0 Å². The number of nitrogens with two attached hydrogens (primary N) is 1. The van der Waals surface area contributed by atoms with Crippen LogP contribution in [0.15, 0.2) is 52.3 Å². The molecule has 0 bridgehead atoms. The lowest BCUT2D eigenvalue weighted by atomic mass is 10.2. The van der Waals surface area contributed by atoms with Crippen molar-refractivity contribution >= 4 is 42.8 Å². The molecule has 0 aromatic heterocycles. The second-order valence-corrected chi connectivity index (χ2v) is 10.4. The fourth-order valence-electron chi connectivity index (χ4n) is 3.11. The minimum Gasteiger partial charge on any atom is -0.368 e. The maximum Gasteiger partial charge on any atom is 0.238 e.